The first-order valence-electron chi connectivity index (χ1n) is 7.61. The molecule has 1 fully saturated rings. The van der Waals surface area contributed by atoms with Gasteiger partial charge in [-0.1, -0.05) is 40.2 Å². The standard InChI is InChI=1S/C18H19BrN2O2/c19-16-3-1-2-15(8-16)12-23-18-6-4-14(5-7-18)9-21-10-17(11-21)20-13-22/h1-8,13,17H,9-12H2,(H,20,22). The van der Waals surface area contributed by atoms with Crippen molar-refractivity contribution in [1.29, 1.82) is 0 Å². The quantitative estimate of drug-likeness (QED) is 0.757. The van der Waals surface area contributed by atoms with Crippen LogP contribution >= 0.6 is 15.9 Å². The SMILES string of the molecule is O=CNC1CN(Cc2ccc(OCc3cccc(Br)c3)cc2)C1. The van der Waals surface area contributed by atoms with Crippen LogP contribution in [0.25, 0.3) is 0 Å². The van der Waals surface area contributed by atoms with Gasteiger partial charge in [0.2, 0.25) is 6.41 Å². The van der Waals surface area contributed by atoms with E-state index in [9.17, 15) is 4.79 Å². The van der Waals surface area contributed by atoms with E-state index in [0.717, 1.165) is 41.8 Å². The van der Waals surface area contributed by atoms with Crippen molar-refractivity contribution in [2.24, 2.45) is 0 Å². The van der Waals surface area contributed by atoms with Crippen LogP contribution in [0, 0.1) is 0 Å². The summed E-state index contributed by atoms with van der Waals surface area (Å²) in [4.78, 5) is 12.7. The van der Waals surface area contributed by atoms with Crippen LogP contribution in [0.2, 0.25) is 0 Å². The van der Waals surface area contributed by atoms with Crippen molar-refractivity contribution in [3.05, 3.63) is 64.1 Å². The zero-order valence-electron chi connectivity index (χ0n) is 12.7. The number of likely N-dealkylation sites (tertiary alicyclic amines) is 1. The molecule has 5 heteroatoms. The van der Waals surface area contributed by atoms with Gasteiger partial charge in [-0.15, -0.1) is 0 Å². The number of hydrogen-bond donors (Lipinski definition) is 1. The van der Waals surface area contributed by atoms with Crippen LogP contribution in [0.4, 0.5) is 0 Å². The summed E-state index contributed by atoms with van der Waals surface area (Å²) in [6.45, 7) is 3.30. The van der Waals surface area contributed by atoms with E-state index in [4.69, 9.17) is 4.74 Å². The maximum atomic E-state index is 10.3. The smallest absolute Gasteiger partial charge is 0.207 e. The van der Waals surface area contributed by atoms with E-state index in [1.54, 1.807) is 0 Å². The van der Waals surface area contributed by atoms with Crippen molar-refractivity contribution >= 4 is 22.3 Å². The van der Waals surface area contributed by atoms with Crippen molar-refractivity contribution in [1.82, 2.24) is 10.2 Å². The minimum Gasteiger partial charge on any atom is -0.489 e. The molecule has 2 aromatic rings. The van der Waals surface area contributed by atoms with Crippen molar-refractivity contribution in [3.8, 4) is 5.75 Å². The molecule has 0 radical (unpaired) electrons. The molecule has 1 aliphatic rings. The van der Waals surface area contributed by atoms with Crippen LogP contribution in [0.15, 0.2) is 53.0 Å². The van der Waals surface area contributed by atoms with Crippen molar-refractivity contribution in [3.63, 3.8) is 0 Å². The van der Waals surface area contributed by atoms with Gasteiger partial charge in [-0.25, -0.2) is 0 Å². The molecule has 0 aliphatic carbocycles. The number of halogens is 1. The zero-order chi connectivity index (χ0) is 16.1. The van der Waals surface area contributed by atoms with Gasteiger partial charge in [-0.3, -0.25) is 9.69 Å². The highest BCUT2D eigenvalue weighted by Crippen LogP contribution is 2.18. The van der Waals surface area contributed by atoms with Crippen molar-refractivity contribution in [2.75, 3.05) is 13.1 Å². The summed E-state index contributed by atoms with van der Waals surface area (Å²) < 4.78 is 6.87. The van der Waals surface area contributed by atoms with Gasteiger partial charge < -0.3 is 10.1 Å². The maximum absolute atomic E-state index is 10.3. The molecule has 0 aromatic heterocycles. The molecular formula is C18H19BrN2O2. The van der Waals surface area contributed by atoms with Crippen LogP contribution in [0.3, 0.4) is 0 Å². The molecule has 0 saturated carbocycles. The van der Waals surface area contributed by atoms with Gasteiger partial charge in [0.1, 0.15) is 12.4 Å². The van der Waals surface area contributed by atoms with Crippen LogP contribution in [0.1, 0.15) is 11.1 Å². The monoisotopic (exact) mass is 374 g/mol. The van der Waals surface area contributed by atoms with Crippen LogP contribution in [-0.4, -0.2) is 30.4 Å². The van der Waals surface area contributed by atoms with Crippen molar-refractivity contribution in [2.45, 2.75) is 19.2 Å². The minimum atomic E-state index is 0.306. The Morgan fingerprint density at radius 3 is 2.65 bits per heavy atom. The molecule has 1 N–H and O–H groups in total. The fraction of sp³-hybridized carbons (Fsp3) is 0.278. The Bertz CT molecular complexity index is 654. The first-order chi connectivity index (χ1) is 11.2. The lowest BCUT2D eigenvalue weighted by Gasteiger charge is -2.38. The van der Waals surface area contributed by atoms with Crippen LogP contribution in [-0.2, 0) is 17.9 Å². The fourth-order valence-corrected chi connectivity index (χ4v) is 3.09. The Labute approximate surface area is 144 Å². The first-order valence-corrected chi connectivity index (χ1v) is 8.40. The Hall–Kier alpha value is -1.85. The van der Waals surface area contributed by atoms with Gasteiger partial charge >= 0.3 is 0 Å². The lowest BCUT2D eigenvalue weighted by atomic mass is 10.1. The molecule has 0 bridgehead atoms. The number of ether oxygens (including phenoxy) is 1. The Balaban J connectivity index is 1.47. The Morgan fingerprint density at radius 1 is 1.17 bits per heavy atom. The highest BCUT2D eigenvalue weighted by molar-refractivity contribution is 9.10. The molecule has 0 spiro atoms. The molecule has 3 rings (SSSR count). The average Bonchev–Trinajstić information content (AvgIpc) is 2.52. The molecule has 0 unspecified atom stereocenters. The third kappa shape index (κ3) is 4.56. The minimum absolute atomic E-state index is 0.306. The zero-order valence-corrected chi connectivity index (χ0v) is 14.3. The van der Waals surface area contributed by atoms with Gasteiger partial charge in [0.25, 0.3) is 0 Å². The van der Waals surface area contributed by atoms with E-state index in [1.807, 2.05) is 30.3 Å². The topological polar surface area (TPSA) is 41.6 Å². The van der Waals surface area contributed by atoms with E-state index >= 15 is 0 Å². The van der Waals surface area contributed by atoms with Crippen LogP contribution < -0.4 is 10.1 Å². The Kier molecular flexibility index (Phi) is 5.31. The number of carbonyl (C=O) groups excluding carboxylic acids is 1. The van der Waals surface area contributed by atoms with Gasteiger partial charge in [-0.05, 0) is 35.4 Å². The van der Waals surface area contributed by atoms with Gasteiger partial charge in [0.05, 0.1) is 6.04 Å². The fourth-order valence-electron chi connectivity index (χ4n) is 2.64. The van der Waals surface area contributed by atoms with E-state index < -0.39 is 0 Å². The molecule has 120 valence electrons. The summed E-state index contributed by atoms with van der Waals surface area (Å²) >= 11 is 3.46. The summed E-state index contributed by atoms with van der Waals surface area (Å²) in [5, 5.41) is 2.80. The predicted molar refractivity (Wildman–Crippen MR) is 93.2 cm³/mol. The number of rotatable bonds is 7. The number of amides is 1. The number of nitrogens with zero attached hydrogens (tertiary/aromatic N) is 1. The second-order valence-electron chi connectivity index (χ2n) is 5.74. The second-order valence-corrected chi connectivity index (χ2v) is 6.65. The summed E-state index contributed by atoms with van der Waals surface area (Å²) in [6.07, 6.45) is 0.777. The molecule has 4 nitrogen and oxygen atoms in total. The Morgan fingerprint density at radius 2 is 1.96 bits per heavy atom. The first kappa shape index (κ1) is 16.0. The van der Waals surface area contributed by atoms with Gasteiger partial charge in [-0.2, -0.15) is 0 Å². The molecule has 1 aliphatic heterocycles. The van der Waals surface area contributed by atoms with E-state index in [-0.39, 0.29) is 0 Å². The molecule has 1 amide bonds. The number of benzene rings is 2. The third-order valence-electron chi connectivity index (χ3n) is 3.88. The number of hydrogen-bond acceptors (Lipinski definition) is 3. The normalized spacial score (nSPS) is 15.0. The summed E-state index contributed by atoms with van der Waals surface area (Å²) in [5.74, 6) is 0.873. The lowest BCUT2D eigenvalue weighted by Crippen LogP contribution is -2.56. The molecule has 2 aromatic carbocycles. The number of nitrogens with one attached hydrogen (secondary N) is 1. The lowest BCUT2D eigenvalue weighted by molar-refractivity contribution is -0.111. The second kappa shape index (κ2) is 7.62. The average molecular weight is 375 g/mol. The largest absolute Gasteiger partial charge is 0.489 e. The highest BCUT2D eigenvalue weighted by Gasteiger charge is 2.25. The summed E-state index contributed by atoms with van der Waals surface area (Å²) in [5.41, 5.74) is 2.39. The van der Waals surface area contributed by atoms with Crippen molar-refractivity contribution < 1.29 is 9.53 Å². The molecule has 1 heterocycles. The summed E-state index contributed by atoms with van der Waals surface area (Å²) in [7, 11) is 0. The van der Waals surface area contributed by atoms with Gasteiger partial charge in [0.15, 0.2) is 0 Å². The van der Waals surface area contributed by atoms with E-state index in [1.165, 1.54) is 5.56 Å². The molecule has 0 atom stereocenters. The van der Waals surface area contributed by atoms with Crippen LogP contribution in [0.5, 0.6) is 5.75 Å². The highest BCUT2D eigenvalue weighted by atomic mass is 79.9. The third-order valence-corrected chi connectivity index (χ3v) is 4.38. The van der Waals surface area contributed by atoms with Gasteiger partial charge in [0, 0.05) is 24.1 Å². The molecule has 23 heavy (non-hydrogen) atoms. The van der Waals surface area contributed by atoms with E-state index in [0.29, 0.717) is 12.6 Å². The maximum Gasteiger partial charge on any atom is 0.207 e. The molecular weight excluding hydrogens is 356 g/mol. The van der Waals surface area contributed by atoms with E-state index in [2.05, 4.69) is 44.3 Å². The number of carbonyl (C=O) groups is 1. The predicted octanol–water partition coefficient (Wildman–Crippen LogP) is 2.96. The summed E-state index contributed by atoms with van der Waals surface area (Å²) in [6, 6.07) is 16.6. The molecule has 1 saturated heterocycles.